The van der Waals surface area contributed by atoms with Crippen molar-refractivity contribution in [1.82, 2.24) is 0 Å². The van der Waals surface area contributed by atoms with Gasteiger partial charge in [-0.1, -0.05) is 26.0 Å². The summed E-state index contributed by atoms with van der Waals surface area (Å²) in [6, 6.07) is 7.60. The molecule has 0 fully saturated rings. The maximum Gasteiger partial charge on any atom is 0.360 e. The summed E-state index contributed by atoms with van der Waals surface area (Å²) in [6.07, 6.45) is 0. The Hall–Kier alpha value is -2.17. The number of aliphatic carboxylic acids is 1. The van der Waals surface area contributed by atoms with Gasteiger partial charge in [0.2, 0.25) is 11.5 Å². The van der Waals surface area contributed by atoms with Crippen molar-refractivity contribution < 1.29 is 14.7 Å². The molecule has 0 spiro atoms. The summed E-state index contributed by atoms with van der Waals surface area (Å²) >= 11 is 0. The fraction of sp³-hybridized carbons (Fsp3) is 0.308. The van der Waals surface area contributed by atoms with Crippen LogP contribution >= 0.6 is 0 Å². The zero-order valence-corrected chi connectivity index (χ0v) is 10.3. The van der Waals surface area contributed by atoms with Crippen molar-refractivity contribution in [2.75, 3.05) is 11.6 Å². The van der Waals surface area contributed by atoms with E-state index in [9.17, 15) is 9.59 Å². The smallest absolute Gasteiger partial charge is 0.360 e. The number of ketones is 1. The second-order valence-electron chi connectivity index (χ2n) is 4.48. The third-order valence-electron chi connectivity index (χ3n) is 2.84. The van der Waals surface area contributed by atoms with Crippen LogP contribution in [0.4, 0.5) is 5.69 Å². The van der Waals surface area contributed by atoms with Crippen LogP contribution in [0.2, 0.25) is 0 Å². The number of hydrazone groups is 1. The molecule has 0 aromatic heterocycles. The lowest BCUT2D eigenvalue weighted by molar-refractivity contribution is -0.130. The summed E-state index contributed by atoms with van der Waals surface area (Å²) in [6.45, 7) is 4.17. The number of carboxylic acid groups (broad SMARTS) is 1. The van der Waals surface area contributed by atoms with E-state index in [0.29, 0.717) is 5.92 Å². The highest BCUT2D eigenvalue weighted by atomic mass is 16.4. The molecule has 1 aromatic carbocycles. The standard InChI is InChI=1S/C13H14N2O3/c1-8(2)9-3-5-10(6-4-9)15-7-11(16)12(14-15)13(17)18/h3-6,8H,7H2,1-2H3,(H,17,18). The Morgan fingerprint density at radius 3 is 2.39 bits per heavy atom. The van der Waals surface area contributed by atoms with Crippen molar-refractivity contribution in [2.45, 2.75) is 19.8 Å². The molecule has 18 heavy (non-hydrogen) atoms. The number of hydrogen-bond donors (Lipinski definition) is 1. The SMILES string of the molecule is CC(C)c1ccc(N2CC(=O)C(C(=O)O)=N2)cc1. The molecule has 0 amide bonds. The van der Waals surface area contributed by atoms with Crippen molar-refractivity contribution in [3.63, 3.8) is 0 Å². The molecule has 1 aliphatic rings. The number of Topliss-reactive ketones (excluding diaryl/α,β-unsaturated/α-hetero) is 1. The average Bonchev–Trinajstić information content (AvgIpc) is 2.71. The summed E-state index contributed by atoms with van der Waals surface area (Å²) in [5, 5.41) is 14.0. The van der Waals surface area contributed by atoms with Gasteiger partial charge < -0.3 is 5.11 Å². The van der Waals surface area contributed by atoms with E-state index in [1.807, 2.05) is 24.3 Å². The van der Waals surface area contributed by atoms with Crippen molar-refractivity contribution >= 4 is 23.2 Å². The van der Waals surface area contributed by atoms with Crippen LogP contribution in [0.25, 0.3) is 0 Å². The van der Waals surface area contributed by atoms with E-state index in [4.69, 9.17) is 5.11 Å². The third-order valence-corrected chi connectivity index (χ3v) is 2.84. The maximum atomic E-state index is 11.4. The van der Waals surface area contributed by atoms with E-state index in [0.717, 1.165) is 5.69 Å². The normalized spacial score (nSPS) is 15.2. The van der Waals surface area contributed by atoms with Crippen LogP contribution in [0, 0.1) is 0 Å². The predicted molar refractivity (Wildman–Crippen MR) is 68.0 cm³/mol. The van der Waals surface area contributed by atoms with Crippen LogP contribution in [-0.4, -0.2) is 29.1 Å². The monoisotopic (exact) mass is 246 g/mol. The lowest BCUT2D eigenvalue weighted by Gasteiger charge is -2.13. The van der Waals surface area contributed by atoms with Gasteiger partial charge in [-0.2, -0.15) is 5.10 Å². The van der Waals surface area contributed by atoms with E-state index in [-0.39, 0.29) is 6.54 Å². The largest absolute Gasteiger partial charge is 0.476 e. The third kappa shape index (κ3) is 2.25. The summed E-state index contributed by atoms with van der Waals surface area (Å²) in [4.78, 5) is 22.2. The Morgan fingerprint density at radius 2 is 1.94 bits per heavy atom. The molecule has 0 unspecified atom stereocenters. The van der Waals surface area contributed by atoms with Crippen LogP contribution in [0.15, 0.2) is 29.4 Å². The molecule has 1 heterocycles. The van der Waals surface area contributed by atoms with Crippen molar-refractivity contribution in [3.8, 4) is 0 Å². The van der Waals surface area contributed by atoms with Crippen molar-refractivity contribution in [3.05, 3.63) is 29.8 Å². The number of carboxylic acids is 1. The average molecular weight is 246 g/mol. The number of carbonyl (C=O) groups is 2. The highest BCUT2D eigenvalue weighted by Gasteiger charge is 2.29. The molecule has 1 N–H and O–H groups in total. The Kier molecular flexibility index (Phi) is 3.14. The van der Waals surface area contributed by atoms with E-state index in [1.165, 1.54) is 10.6 Å². The molecular formula is C13H14N2O3. The Bertz CT molecular complexity index is 518. The molecule has 0 saturated carbocycles. The molecule has 5 nitrogen and oxygen atoms in total. The van der Waals surface area contributed by atoms with Gasteiger partial charge in [-0.25, -0.2) is 4.79 Å². The molecule has 0 atom stereocenters. The van der Waals surface area contributed by atoms with Gasteiger partial charge >= 0.3 is 5.97 Å². The molecule has 0 saturated heterocycles. The number of benzene rings is 1. The minimum atomic E-state index is -1.28. The van der Waals surface area contributed by atoms with Crippen LogP contribution in [0.3, 0.4) is 0 Å². The lowest BCUT2D eigenvalue weighted by Crippen LogP contribution is -2.23. The minimum Gasteiger partial charge on any atom is -0.476 e. The van der Waals surface area contributed by atoms with Crippen LogP contribution in [0.1, 0.15) is 25.3 Å². The van der Waals surface area contributed by atoms with Gasteiger partial charge in [0.25, 0.3) is 0 Å². The number of nitrogens with zero attached hydrogens (tertiary/aromatic N) is 2. The van der Waals surface area contributed by atoms with Gasteiger partial charge in [-0.3, -0.25) is 9.80 Å². The molecule has 0 bridgehead atoms. The van der Waals surface area contributed by atoms with Crippen LogP contribution in [-0.2, 0) is 9.59 Å². The fourth-order valence-corrected chi connectivity index (χ4v) is 1.77. The Morgan fingerprint density at radius 1 is 1.33 bits per heavy atom. The van der Waals surface area contributed by atoms with E-state index < -0.39 is 17.5 Å². The summed E-state index contributed by atoms with van der Waals surface area (Å²) < 4.78 is 0. The van der Waals surface area contributed by atoms with Crippen molar-refractivity contribution in [1.29, 1.82) is 0 Å². The van der Waals surface area contributed by atoms with Crippen LogP contribution in [0.5, 0.6) is 0 Å². The molecule has 0 radical (unpaired) electrons. The van der Waals surface area contributed by atoms with Gasteiger partial charge in [0.1, 0.15) is 6.54 Å². The van der Waals surface area contributed by atoms with Crippen LogP contribution < -0.4 is 5.01 Å². The predicted octanol–water partition coefficient (Wildman–Crippen LogP) is 1.64. The lowest BCUT2D eigenvalue weighted by atomic mass is 10.0. The first-order valence-corrected chi connectivity index (χ1v) is 5.71. The number of hydrogen-bond acceptors (Lipinski definition) is 4. The Labute approximate surface area is 105 Å². The summed E-state index contributed by atoms with van der Waals surface area (Å²) in [5.74, 6) is -1.31. The maximum absolute atomic E-state index is 11.4. The summed E-state index contributed by atoms with van der Waals surface area (Å²) in [5.41, 5.74) is 1.51. The number of rotatable bonds is 3. The first kappa shape index (κ1) is 12.3. The molecule has 5 heteroatoms. The van der Waals surface area contributed by atoms with Gasteiger partial charge in [-0.15, -0.1) is 0 Å². The second-order valence-corrected chi connectivity index (χ2v) is 4.48. The fourth-order valence-electron chi connectivity index (χ4n) is 1.77. The number of carbonyl (C=O) groups excluding carboxylic acids is 1. The first-order chi connectivity index (χ1) is 8.49. The van der Waals surface area contributed by atoms with Gasteiger partial charge in [0.15, 0.2) is 0 Å². The van der Waals surface area contributed by atoms with E-state index in [1.54, 1.807) is 0 Å². The summed E-state index contributed by atoms with van der Waals surface area (Å²) in [7, 11) is 0. The zero-order valence-electron chi connectivity index (χ0n) is 10.3. The molecule has 0 aliphatic carbocycles. The second kappa shape index (κ2) is 4.60. The number of anilines is 1. The van der Waals surface area contributed by atoms with Gasteiger partial charge in [0, 0.05) is 0 Å². The highest BCUT2D eigenvalue weighted by molar-refractivity contribution is 6.65. The van der Waals surface area contributed by atoms with Gasteiger partial charge in [-0.05, 0) is 23.6 Å². The molecule has 94 valence electrons. The highest BCUT2D eigenvalue weighted by Crippen LogP contribution is 2.22. The van der Waals surface area contributed by atoms with Gasteiger partial charge in [0.05, 0.1) is 5.69 Å². The molecule has 2 rings (SSSR count). The minimum absolute atomic E-state index is 0.0113. The zero-order chi connectivity index (χ0) is 13.3. The molecule has 1 aliphatic heterocycles. The van der Waals surface area contributed by atoms with Crippen molar-refractivity contribution in [2.24, 2.45) is 5.10 Å². The first-order valence-electron chi connectivity index (χ1n) is 5.71. The van der Waals surface area contributed by atoms with E-state index >= 15 is 0 Å². The molecular weight excluding hydrogens is 232 g/mol. The molecule has 1 aromatic rings. The quantitative estimate of drug-likeness (QED) is 0.880. The topological polar surface area (TPSA) is 70.0 Å². The Balaban J connectivity index is 2.24. The van der Waals surface area contributed by atoms with E-state index in [2.05, 4.69) is 18.9 Å².